The van der Waals surface area contributed by atoms with Gasteiger partial charge in [0.25, 0.3) is 0 Å². The fraction of sp³-hybridized carbons (Fsp3) is 0.500. The topological polar surface area (TPSA) is 26.0 Å². The van der Waals surface area contributed by atoms with E-state index in [0.717, 1.165) is 22.4 Å². The predicted molar refractivity (Wildman–Crippen MR) is 63.0 cm³/mol. The van der Waals surface area contributed by atoms with Crippen LogP contribution in [-0.4, -0.2) is 0 Å². The van der Waals surface area contributed by atoms with Gasteiger partial charge >= 0.3 is 0 Å². The van der Waals surface area contributed by atoms with Gasteiger partial charge in [-0.15, -0.1) is 0 Å². The van der Waals surface area contributed by atoms with Crippen LogP contribution in [0, 0.1) is 11.7 Å². The summed E-state index contributed by atoms with van der Waals surface area (Å²) < 4.78 is 13.7. The maximum absolute atomic E-state index is 12.9. The molecule has 3 heteroatoms. The average Bonchev–Trinajstić information content (AvgIpc) is 2.11. The van der Waals surface area contributed by atoms with Crippen LogP contribution in [0.4, 0.5) is 4.39 Å². The Kier molecular flexibility index (Phi) is 3.42. The molecule has 1 aromatic rings. The smallest absolute Gasteiger partial charge is 0.124 e. The third-order valence-electron chi connectivity index (χ3n) is 3.17. The van der Waals surface area contributed by atoms with Crippen LogP contribution in [0.25, 0.3) is 0 Å². The van der Waals surface area contributed by atoms with Gasteiger partial charge < -0.3 is 5.73 Å². The molecular formula is C12H15BrFN. The second kappa shape index (κ2) is 4.62. The Bertz CT molecular complexity index is 349. The van der Waals surface area contributed by atoms with Crippen LogP contribution in [0.5, 0.6) is 0 Å². The molecular weight excluding hydrogens is 257 g/mol. The van der Waals surface area contributed by atoms with E-state index in [0.29, 0.717) is 0 Å². The standard InChI is InChI=1S/C12H15BrFN/c13-11-7-9(14)4-5-10(11)12(15)6-8-2-1-3-8/h4-5,7-8,12H,1-3,6,15H2. The van der Waals surface area contributed by atoms with Crippen LogP contribution in [-0.2, 0) is 0 Å². The van der Waals surface area contributed by atoms with Crippen LogP contribution in [0.1, 0.15) is 37.3 Å². The van der Waals surface area contributed by atoms with Gasteiger partial charge in [0.1, 0.15) is 5.82 Å². The lowest BCUT2D eigenvalue weighted by atomic mass is 9.80. The number of hydrogen-bond acceptors (Lipinski definition) is 1. The number of nitrogens with two attached hydrogens (primary N) is 1. The summed E-state index contributed by atoms with van der Waals surface area (Å²) in [7, 11) is 0. The number of rotatable bonds is 3. The van der Waals surface area contributed by atoms with Crippen molar-refractivity contribution < 1.29 is 4.39 Å². The molecule has 1 unspecified atom stereocenters. The third kappa shape index (κ3) is 2.58. The van der Waals surface area contributed by atoms with Gasteiger partial charge in [-0.2, -0.15) is 0 Å². The molecule has 1 nitrogen and oxygen atoms in total. The highest BCUT2D eigenvalue weighted by Crippen LogP contribution is 2.35. The molecule has 1 aromatic carbocycles. The van der Waals surface area contributed by atoms with Gasteiger partial charge in [-0.1, -0.05) is 41.3 Å². The summed E-state index contributed by atoms with van der Waals surface area (Å²) in [5.74, 6) is 0.554. The molecule has 0 saturated heterocycles. The Labute approximate surface area is 98.0 Å². The largest absolute Gasteiger partial charge is 0.324 e. The number of benzene rings is 1. The average molecular weight is 272 g/mol. The summed E-state index contributed by atoms with van der Waals surface area (Å²) in [6.07, 6.45) is 4.95. The monoisotopic (exact) mass is 271 g/mol. The maximum Gasteiger partial charge on any atom is 0.124 e. The van der Waals surface area contributed by atoms with E-state index in [1.54, 1.807) is 6.07 Å². The van der Waals surface area contributed by atoms with Gasteiger partial charge in [-0.25, -0.2) is 4.39 Å². The van der Waals surface area contributed by atoms with E-state index < -0.39 is 0 Å². The quantitative estimate of drug-likeness (QED) is 0.890. The zero-order chi connectivity index (χ0) is 10.8. The normalized spacial score (nSPS) is 18.6. The minimum atomic E-state index is -0.221. The molecule has 1 atom stereocenters. The maximum atomic E-state index is 12.9. The van der Waals surface area contributed by atoms with E-state index in [1.807, 2.05) is 0 Å². The summed E-state index contributed by atoms with van der Waals surface area (Å²) in [6, 6.07) is 4.77. The number of halogens is 2. The van der Waals surface area contributed by atoms with Crippen molar-refractivity contribution in [2.45, 2.75) is 31.7 Å². The highest BCUT2D eigenvalue weighted by atomic mass is 79.9. The van der Waals surface area contributed by atoms with Gasteiger partial charge in [0.05, 0.1) is 0 Å². The van der Waals surface area contributed by atoms with Crippen molar-refractivity contribution in [2.75, 3.05) is 0 Å². The Morgan fingerprint density at radius 1 is 1.47 bits per heavy atom. The molecule has 2 N–H and O–H groups in total. The molecule has 2 rings (SSSR count). The molecule has 82 valence electrons. The highest BCUT2D eigenvalue weighted by molar-refractivity contribution is 9.10. The summed E-state index contributed by atoms with van der Waals surface area (Å²) in [5.41, 5.74) is 7.12. The zero-order valence-electron chi connectivity index (χ0n) is 8.55. The van der Waals surface area contributed by atoms with E-state index in [1.165, 1.54) is 31.4 Å². The Morgan fingerprint density at radius 2 is 2.20 bits per heavy atom. The van der Waals surface area contributed by atoms with Crippen molar-refractivity contribution >= 4 is 15.9 Å². The zero-order valence-corrected chi connectivity index (χ0v) is 10.1. The van der Waals surface area contributed by atoms with Crippen LogP contribution in [0.3, 0.4) is 0 Å². The molecule has 1 aliphatic rings. The third-order valence-corrected chi connectivity index (χ3v) is 3.86. The second-order valence-corrected chi connectivity index (χ2v) is 5.16. The van der Waals surface area contributed by atoms with Gasteiger partial charge in [-0.05, 0) is 30.0 Å². The molecule has 0 aromatic heterocycles. The molecule has 0 bridgehead atoms. The van der Waals surface area contributed by atoms with Gasteiger partial charge in [0.2, 0.25) is 0 Å². The molecule has 0 spiro atoms. The lowest BCUT2D eigenvalue weighted by Crippen LogP contribution is -2.20. The minimum Gasteiger partial charge on any atom is -0.324 e. The molecule has 1 fully saturated rings. The molecule has 1 saturated carbocycles. The van der Waals surface area contributed by atoms with E-state index >= 15 is 0 Å². The Balaban J connectivity index is 2.06. The van der Waals surface area contributed by atoms with Gasteiger partial charge in [-0.3, -0.25) is 0 Å². The predicted octanol–water partition coefficient (Wildman–Crippen LogP) is 3.78. The first kappa shape index (κ1) is 11.1. The van der Waals surface area contributed by atoms with Crippen molar-refractivity contribution in [3.8, 4) is 0 Å². The minimum absolute atomic E-state index is 0.0327. The lowest BCUT2D eigenvalue weighted by Gasteiger charge is -2.28. The number of hydrogen-bond donors (Lipinski definition) is 1. The lowest BCUT2D eigenvalue weighted by molar-refractivity contribution is 0.277. The van der Waals surface area contributed by atoms with Crippen LogP contribution in [0.15, 0.2) is 22.7 Å². The summed E-state index contributed by atoms with van der Waals surface area (Å²) in [5, 5.41) is 0. The first-order valence-corrected chi connectivity index (χ1v) is 6.16. The van der Waals surface area contributed by atoms with E-state index in [-0.39, 0.29) is 11.9 Å². The molecule has 0 radical (unpaired) electrons. The molecule has 0 aliphatic heterocycles. The van der Waals surface area contributed by atoms with E-state index in [4.69, 9.17) is 5.73 Å². The van der Waals surface area contributed by atoms with Crippen molar-refractivity contribution in [3.05, 3.63) is 34.1 Å². The fourth-order valence-corrected chi connectivity index (χ4v) is 2.66. The summed E-state index contributed by atoms with van der Waals surface area (Å²) in [4.78, 5) is 0. The van der Waals surface area contributed by atoms with Crippen molar-refractivity contribution in [3.63, 3.8) is 0 Å². The van der Waals surface area contributed by atoms with E-state index in [2.05, 4.69) is 15.9 Å². The second-order valence-electron chi connectivity index (χ2n) is 4.30. The first-order chi connectivity index (χ1) is 7.16. The first-order valence-electron chi connectivity index (χ1n) is 5.37. The highest BCUT2D eigenvalue weighted by Gasteiger charge is 2.21. The fourth-order valence-electron chi connectivity index (χ4n) is 2.02. The van der Waals surface area contributed by atoms with Gasteiger partial charge in [0.15, 0.2) is 0 Å². The Morgan fingerprint density at radius 3 is 2.73 bits per heavy atom. The van der Waals surface area contributed by atoms with Crippen molar-refractivity contribution in [1.29, 1.82) is 0 Å². The van der Waals surface area contributed by atoms with Gasteiger partial charge in [0, 0.05) is 10.5 Å². The Hall–Kier alpha value is -0.410. The van der Waals surface area contributed by atoms with Crippen LogP contribution in [0.2, 0.25) is 0 Å². The van der Waals surface area contributed by atoms with Crippen LogP contribution < -0.4 is 5.73 Å². The molecule has 0 amide bonds. The SMILES string of the molecule is NC(CC1CCC1)c1ccc(F)cc1Br. The summed E-state index contributed by atoms with van der Waals surface area (Å²) in [6.45, 7) is 0. The molecule has 0 heterocycles. The van der Waals surface area contributed by atoms with Crippen molar-refractivity contribution in [1.82, 2.24) is 0 Å². The molecule has 15 heavy (non-hydrogen) atoms. The molecule has 1 aliphatic carbocycles. The van der Waals surface area contributed by atoms with E-state index in [9.17, 15) is 4.39 Å². The van der Waals surface area contributed by atoms with Crippen molar-refractivity contribution in [2.24, 2.45) is 11.7 Å². The summed E-state index contributed by atoms with van der Waals surface area (Å²) >= 11 is 3.36. The van der Waals surface area contributed by atoms with Crippen LogP contribution >= 0.6 is 15.9 Å².